The molecule has 0 aromatic carbocycles. The lowest BCUT2D eigenvalue weighted by atomic mass is 9.79. The van der Waals surface area contributed by atoms with Crippen molar-refractivity contribution in [1.29, 1.82) is 0 Å². The summed E-state index contributed by atoms with van der Waals surface area (Å²) in [6, 6.07) is 0. The van der Waals surface area contributed by atoms with Crippen molar-refractivity contribution >= 4 is 22.8 Å². The van der Waals surface area contributed by atoms with Crippen LogP contribution < -0.4 is 9.80 Å². The molecule has 0 aliphatic carbocycles. The first-order valence-electron chi connectivity index (χ1n) is 9.27. The molecule has 0 amide bonds. The third-order valence-electron chi connectivity index (χ3n) is 5.55. The molecule has 2 fully saturated rings. The second kappa shape index (κ2) is 6.32. The van der Waals surface area contributed by atoms with Gasteiger partial charge in [0.1, 0.15) is 23.7 Å². The first-order valence-corrected chi connectivity index (χ1v) is 9.27. The third-order valence-corrected chi connectivity index (χ3v) is 5.55. The number of hydrogen-bond donors (Lipinski definition) is 0. The van der Waals surface area contributed by atoms with Crippen LogP contribution in [0.5, 0.6) is 0 Å². The Labute approximate surface area is 160 Å². The van der Waals surface area contributed by atoms with E-state index in [4.69, 9.17) is 0 Å². The summed E-state index contributed by atoms with van der Waals surface area (Å²) in [7, 11) is 0. The molecular formula is C18H20F2N8. The van der Waals surface area contributed by atoms with Crippen LogP contribution in [0.15, 0.2) is 24.8 Å². The van der Waals surface area contributed by atoms with E-state index in [1.165, 1.54) is 10.9 Å². The molecule has 0 atom stereocenters. The van der Waals surface area contributed by atoms with Gasteiger partial charge >= 0.3 is 0 Å². The van der Waals surface area contributed by atoms with Gasteiger partial charge in [-0.15, -0.1) is 0 Å². The molecule has 10 heteroatoms. The molecule has 3 aromatic heterocycles. The number of anilines is 2. The van der Waals surface area contributed by atoms with Crippen LogP contribution >= 0.6 is 0 Å². The molecule has 2 aliphatic heterocycles. The lowest BCUT2D eigenvalue weighted by Crippen LogP contribution is -2.58. The minimum Gasteiger partial charge on any atom is -0.355 e. The molecule has 0 bridgehead atoms. The number of halogens is 2. The largest absolute Gasteiger partial charge is 0.355 e. The fraction of sp³-hybridized carbons (Fsp3) is 0.500. The van der Waals surface area contributed by atoms with Gasteiger partial charge in [-0.1, -0.05) is 0 Å². The molecule has 5 heterocycles. The van der Waals surface area contributed by atoms with Gasteiger partial charge in [0.15, 0.2) is 5.65 Å². The van der Waals surface area contributed by atoms with Crippen molar-refractivity contribution in [2.45, 2.75) is 26.3 Å². The van der Waals surface area contributed by atoms with Crippen molar-refractivity contribution in [1.82, 2.24) is 29.7 Å². The number of aryl methyl sites for hydroxylation is 1. The molecule has 0 N–H and O–H groups in total. The van der Waals surface area contributed by atoms with Gasteiger partial charge in [-0.3, -0.25) is 4.98 Å². The van der Waals surface area contributed by atoms with Crippen molar-refractivity contribution < 1.29 is 8.78 Å². The van der Waals surface area contributed by atoms with Gasteiger partial charge in [0.05, 0.1) is 30.5 Å². The summed E-state index contributed by atoms with van der Waals surface area (Å²) >= 11 is 0. The molecule has 2 aliphatic rings. The molecule has 3 aromatic rings. The Bertz CT molecular complexity index is 996. The number of rotatable bonds is 4. The molecule has 2 saturated heterocycles. The molecule has 8 nitrogen and oxygen atoms in total. The van der Waals surface area contributed by atoms with E-state index < -0.39 is 13.0 Å². The van der Waals surface area contributed by atoms with E-state index in [1.807, 2.05) is 13.1 Å². The molecule has 0 unspecified atom stereocenters. The van der Waals surface area contributed by atoms with Crippen molar-refractivity contribution in [2.75, 3.05) is 36.0 Å². The lowest BCUT2D eigenvalue weighted by Gasteiger charge is -2.48. The van der Waals surface area contributed by atoms with Gasteiger partial charge in [0.2, 0.25) is 0 Å². The summed E-state index contributed by atoms with van der Waals surface area (Å²) in [5.41, 5.74) is 2.05. The maximum absolute atomic E-state index is 12.7. The van der Waals surface area contributed by atoms with Crippen LogP contribution in [0.1, 0.15) is 12.1 Å². The summed E-state index contributed by atoms with van der Waals surface area (Å²) < 4.78 is 26.7. The normalized spacial score (nSPS) is 18.4. The molecule has 28 heavy (non-hydrogen) atoms. The maximum Gasteiger partial charge on any atom is 0.258 e. The number of fused-ring (bicyclic) bond motifs is 1. The summed E-state index contributed by atoms with van der Waals surface area (Å²) in [6.07, 6.45) is 5.37. The highest BCUT2D eigenvalue weighted by Gasteiger charge is 2.48. The van der Waals surface area contributed by atoms with E-state index in [-0.39, 0.29) is 5.41 Å². The Morgan fingerprint density at radius 1 is 1.00 bits per heavy atom. The van der Waals surface area contributed by atoms with E-state index in [2.05, 4.69) is 34.8 Å². The van der Waals surface area contributed by atoms with E-state index in [0.717, 1.165) is 44.1 Å². The van der Waals surface area contributed by atoms with E-state index >= 15 is 0 Å². The van der Waals surface area contributed by atoms with Crippen molar-refractivity contribution in [3.05, 3.63) is 30.5 Å². The zero-order valence-corrected chi connectivity index (χ0v) is 15.5. The predicted molar refractivity (Wildman–Crippen MR) is 99.6 cm³/mol. The average Bonchev–Trinajstić information content (AvgIpc) is 3.26. The monoisotopic (exact) mass is 386 g/mol. The second-order valence-corrected chi connectivity index (χ2v) is 7.70. The second-order valence-electron chi connectivity index (χ2n) is 7.70. The highest BCUT2D eigenvalue weighted by molar-refractivity contribution is 5.71. The van der Waals surface area contributed by atoms with Crippen molar-refractivity contribution in [3.8, 4) is 0 Å². The Morgan fingerprint density at radius 3 is 2.54 bits per heavy atom. The van der Waals surface area contributed by atoms with Crippen LogP contribution in [0.2, 0.25) is 0 Å². The summed E-state index contributed by atoms with van der Waals surface area (Å²) in [5.74, 6) is 1.63. The van der Waals surface area contributed by atoms with Crippen LogP contribution in [0.25, 0.3) is 11.2 Å². The molecule has 1 spiro atoms. The molecule has 0 saturated carbocycles. The van der Waals surface area contributed by atoms with Crippen LogP contribution in [-0.2, 0) is 6.54 Å². The minimum atomic E-state index is -2.48. The van der Waals surface area contributed by atoms with Crippen molar-refractivity contribution in [2.24, 2.45) is 5.41 Å². The lowest BCUT2D eigenvalue weighted by molar-refractivity contribution is 0.123. The highest BCUT2D eigenvalue weighted by Crippen LogP contribution is 2.42. The Hall–Kier alpha value is -2.91. The van der Waals surface area contributed by atoms with Gasteiger partial charge in [-0.2, -0.15) is 5.10 Å². The third kappa shape index (κ3) is 2.92. The number of alkyl halides is 2. The highest BCUT2D eigenvalue weighted by atomic mass is 19.3. The van der Waals surface area contributed by atoms with Gasteiger partial charge in [0, 0.05) is 31.6 Å². The van der Waals surface area contributed by atoms with Gasteiger partial charge in [-0.25, -0.2) is 28.4 Å². The molecule has 5 rings (SSSR count). The molecular weight excluding hydrogens is 366 g/mol. The van der Waals surface area contributed by atoms with Gasteiger partial charge in [-0.05, 0) is 13.3 Å². The zero-order valence-electron chi connectivity index (χ0n) is 15.5. The van der Waals surface area contributed by atoms with E-state index in [1.54, 1.807) is 12.4 Å². The fourth-order valence-corrected chi connectivity index (χ4v) is 4.12. The fourth-order valence-electron chi connectivity index (χ4n) is 4.12. The van der Waals surface area contributed by atoms with Crippen molar-refractivity contribution in [3.63, 3.8) is 0 Å². The molecule has 0 radical (unpaired) electrons. The average molecular weight is 386 g/mol. The smallest absolute Gasteiger partial charge is 0.258 e. The zero-order chi connectivity index (χ0) is 19.3. The number of hydrogen-bond acceptors (Lipinski definition) is 7. The van der Waals surface area contributed by atoms with E-state index in [0.29, 0.717) is 17.0 Å². The first kappa shape index (κ1) is 17.2. The summed E-state index contributed by atoms with van der Waals surface area (Å²) in [4.78, 5) is 22.1. The van der Waals surface area contributed by atoms with Crippen LogP contribution in [-0.4, -0.2) is 62.3 Å². The van der Waals surface area contributed by atoms with Gasteiger partial charge in [0.25, 0.3) is 6.43 Å². The number of nitrogens with zero attached hydrogens (tertiary/aromatic N) is 8. The Morgan fingerprint density at radius 2 is 1.79 bits per heavy atom. The molecule has 146 valence electrons. The van der Waals surface area contributed by atoms with Crippen LogP contribution in [0.4, 0.5) is 20.4 Å². The minimum absolute atomic E-state index is 0.201. The summed E-state index contributed by atoms with van der Waals surface area (Å²) in [5, 5.41) is 3.98. The maximum atomic E-state index is 12.7. The standard InChI is InChI=1S/C18H20F2N8/c1-12-4-23-15(6-21-12)27-10-18(11-27)2-3-26(9-18)16-7-22-13-5-24-28(8-14(19)20)17(13)25-16/h4-7,14H,2-3,8-11H2,1H3. The summed E-state index contributed by atoms with van der Waals surface area (Å²) in [6.45, 7) is 5.05. The number of aromatic nitrogens is 6. The predicted octanol–water partition coefficient (Wildman–Crippen LogP) is 1.91. The first-order chi connectivity index (χ1) is 13.5. The SMILES string of the molecule is Cc1cnc(N2CC3(CCN(c4cnc5cnn(CC(F)F)c5n4)C3)C2)cn1. The topological polar surface area (TPSA) is 75.9 Å². The van der Waals surface area contributed by atoms with E-state index in [9.17, 15) is 8.78 Å². The quantitative estimate of drug-likeness (QED) is 0.678. The Kier molecular flexibility index (Phi) is 3.88. The Balaban J connectivity index is 1.30. The van der Waals surface area contributed by atoms with Gasteiger partial charge < -0.3 is 9.80 Å². The van der Waals surface area contributed by atoms with Crippen LogP contribution in [0.3, 0.4) is 0 Å². The van der Waals surface area contributed by atoms with Crippen LogP contribution in [0, 0.1) is 12.3 Å².